The number of carbonyl (C=O) groups excluding carboxylic acids is 1. The number of nitrogens with one attached hydrogen (secondary N) is 2. The van der Waals surface area contributed by atoms with Crippen molar-refractivity contribution >= 4 is 22.4 Å². The molecule has 102 valence electrons. The van der Waals surface area contributed by atoms with Crippen LogP contribution in [0.4, 0.5) is 5.69 Å². The normalized spacial score (nSPS) is 13.1. The number of allylic oxidation sites excluding steroid dienone is 1. The number of H-pyrrole nitrogens is 1. The van der Waals surface area contributed by atoms with Gasteiger partial charge in [0.25, 0.3) is 0 Å². The number of anilines is 1. The van der Waals surface area contributed by atoms with Crippen LogP contribution in [0.2, 0.25) is 0 Å². The molecule has 1 heterocycles. The Balaban J connectivity index is 1.99. The minimum absolute atomic E-state index is 0.0102. The van der Waals surface area contributed by atoms with Crippen LogP contribution in [0.3, 0.4) is 0 Å². The molecule has 0 bridgehead atoms. The number of rotatable bonds is 2. The van der Waals surface area contributed by atoms with Gasteiger partial charge in [0.05, 0.1) is 5.69 Å². The highest BCUT2D eigenvalue weighted by Crippen LogP contribution is 2.30. The molecule has 1 aromatic carbocycles. The van der Waals surface area contributed by atoms with Crippen molar-refractivity contribution in [3.05, 3.63) is 41.2 Å². The number of nitrogens with zero attached hydrogens (tertiary/aromatic N) is 2. The van der Waals surface area contributed by atoms with Gasteiger partial charge in [-0.3, -0.25) is 4.79 Å². The third-order valence-electron chi connectivity index (χ3n) is 3.64. The number of carbonyl (C=O) groups is 1. The van der Waals surface area contributed by atoms with E-state index < -0.39 is 0 Å². The van der Waals surface area contributed by atoms with E-state index in [1.807, 2.05) is 18.2 Å². The predicted molar refractivity (Wildman–Crippen MR) is 78.5 cm³/mol. The van der Waals surface area contributed by atoms with E-state index in [0.717, 1.165) is 40.7 Å². The maximum atomic E-state index is 11.9. The average Bonchev–Trinajstić information content (AvgIpc) is 2.88. The summed E-state index contributed by atoms with van der Waals surface area (Å²) < 4.78 is 0. The number of Topliss-reactive ketones (excluding diaryl/α,β-unsaturated/α-hetero) is 1. The largest absolute Gasteiger partial charge is 0.360 e. The summed E-state index contributed by atoms with van der Waals surface area (Å²) in [6, 6.07) is 9.29. The average molecular weight is 276 g/mol. The van der Waals surface area contributed by atoms with E-state index in [2.05, 4.69) is 10.3 Å². The summed E-state index contributed by atoms with van der Waals surface area (Å²) in [5, 5.41) is 21.4. The molecule has 2 aromatic rings. The van der Waals surface area contributed by atoms with Gasteiger partial charge < -0.3 is 10.3 Å². The van der Waals surface area contributed by atoms with E-state index in [1.54, 1.807) is 12.1 Å². The summed E-state index contributed by atoms with van der Waals surface area (Å²) in [6.07, 6.45) is 3.78. The van der Waals surface area contributed by atoms with Crippen molar-refractivity contribution < 1.29 is 4.79 Å². The molecule has 0 unspecified atom stereocenters. The molecule has 3 rings (SSSR count). The van der Waals surface area contributed by atoms with Gasteiger partial charge in [0, 0.05) is 29.2 Å². The molecular weight excluding hydrogens is 264 g/mol. The van der Waals surface area contributed by atoms with E-state index in [-0.39, 0.29) is 11.4 Å². The van der Waals surface area contributed by atoms with Crippen molar-refractivity contribution in [1.29, 1.82) is 10.5 Å². The Kier molecular flexibility index (Phi) is 3.17. The number of nitriles is 2. The molecule has 0 aliphatic heterocycles. The van der Waals surface area contributed by atoms with Crippen molar-refractivity contribution in [3.8, 4) is 12.1 Å². The standard InChI is InChI=1S/C16H12N4O/c17-7-10(8-18)9-19-11-4-5-12-13-2-1-3-15(21)16(13)20-14(12)6-11/h4-6,9,19-20H,1-3H2. The van der Waals surface area contributed by atoms with E-state index in [4.69, 9.17) is 10.5 Å². The van der Waals surface area contributed by atoms with Crippen LogP contribution in [0.5, 0.6) is 0 Å². The highest BCUT2D eigenvalue weighted by molar-refractivity contribution is 6.03. The van der Waals surface area contributed by atoms with Gasteiger partial charge in [-0.1, -0.05) is 6.07 Å². The van der Waals surface area contributed by atoms with Crippen LogP contribution < -0.4 is 5.32 Å². The second kappa shape index (κ2) is 5.15. The number of hydrogen-bond donors (Lipinski definition) is 2. The highest BCUT2D eigenvalue weighted by atomic mass is 16.1. The molecule has 0 saturated carbocycles. The summed E-state index contributed by atoms with van der Waals surface area (Å²) in [7, 11) is 0. The zero-order valence-electron chi connectivity index (χ0n) is 11.2. The van der Waals surface area contributed by atoms with E-state index in [9.17, 15) is 4.79 Å². The Hall–Kier alpha value is -3.05. The zero-order valence-corrected chi connectivity index (χ0v) is 11.2. The van der Waals surface area contributed by atoms with Crippen LogP contribution in [-0.2, 0) is 6.42 Å². The molecule has 0 spiro atoms. The number of ketones is 1. The number of benzene rings is 1. The fraction of sp³-hybridized carbons (Fsp3) is 0.188. The van der Waals surface area contributed by atoms with Gasteiger partial charge in [-0.05, 0) is 30.5 Å². The molecule has 5 heteroatoms. The second-order valence-electron chi connectivity index (χ2n) is 4.94. The van der Waals surface area contributed by atoms with Gasteiger partial charge in [-0.15, -0.1) is 0 Å². The third-order valence-corrected chi connectivity index (χ3v) is 3.64. The fourth-order valence-electron chi connectivity index (χ4n) is 2.64. The maximum absolute atomic E-state index is 11.9. The van der Waals surface area contributed by atoms with Crippen LogP contribution in [-0.4, -0.2) is 10.8 Å². The first-order valence-electron chi connectivity index (χ1n) is 6.67. The molecule has 2 N–H and O–H groups in total. The second-order valence-corrected chi connectivity index (χ2v) is 4.94. The molecule has 1 aliphatic rings. The van der Waals surface area contributed by atoms with Gasteiger partial charge >= 0.3 is 0 Å². The first-order chi connectivity index (χ1) is 10.2. The van der Waals surface area contributed by atoms with Gasteiger partial charge in [0.15, 0.2) is 5.78 Å². The van der Waals surface area contributed by atoms with Crippen LogP contribution >= 0.6 is 0 Å². The molecule has 0 radical (unpaired) electrons. The van der Waals surface area contributed by atoms with Gasteiger partial charge in [-0.25, -0.2) is 0 Å². The number of aromatic amines is 1. The molecule has 0 amide bonds. The lowest BCUT2D eigenvalue weighted by atomic mass is 9.95. The highest BCUT2D eigenvalue weighted by Gasteiger charge is 2.21. The van der Waals surface area contributed by atoms with E-state index in [0.29, 0.717) is 6.42 Å². The Labute approximate surface area is 121 Å². The first kappa shape index (κ1) is 13.0. The predicted octanol–water partition coefficient (Wildman–Crippen LogP) is 3.03. The summed E-state index contributed by atoms with van der Waals surface area (Å²) in [4.78, 5) is 15.1. The molecule has 0 fully saturated rings. The number of aryl methyl sites for hydroxylation is 1. The van der Waals surface area contributed by atoms with Crippen molar-refractivity contribution in [3.63, 3.8) is 0 Å². The summed E-state index contributed by atoms with van der Waals surface area (Å²) >= 11 is 0. The Morgan fingerprint density at radius 1 is 1.29 bits per heavy atom. The smallest absolute Gasteiger partial charge is 0.179 e. The summed E-state index contributed by atoms with van der Waals surface area (Å²) in [6.45, 7) is 0. The van der Waals surface area contributed by atoms with Crippen molar-refractivity contribution in [2.45, 2.75) is 19.3 Å². The molecule has 0 atom stereocenters. The van der Waals surface area contributed by atoms with Crippen LogP contribution in [0.15, 0.2) is 30.0 Å². The minimum atomic E-state index is 0.0102. The maximum Gasteiger partial charge on any atom is 0.179 e. The lowest BCUT2D eigenvalue weighted by Gasteiger charge is -2.09. The lowest BCUT2D eigenvalue weighted by molar-refractivity contribution is 0.0968. The first-order valence-corrected chi connectivity index (χ1v) is 6.67. The number of aromatic nitrogens is 1. The van der Waals surface area contributed by atoms with Gasteiger partial charge in [0.2, 0.25) is 0 Å². The minimum Gasteiger partial charge on any atom is -0.360 e. The van der Waals surface area contributed by atoms with Gasteiger partial charge in [0.1, 0.15) is 17.7 Å². The zero-order chi connectivity index (χ0) is 14.8. The molecule has 5 nitrogen and oxygen atoms in total. The quantitative estimate of drug-likeness (QED) is 0.824. The molecule has 1 aromatic heterocycles. The summed E-state index contributed by atoms with van der Waals surface area (Å²) in [5.74, 6) is 0.165. The lowest BCUT2D eigenvalue weighted by Crippen LogP contribution is -2.09. The molecule has 0 saturated heterocycles. The van der Waals surface area contributed by atoms with Crippen molar-refractivity contribution in [1.82, 2.24) is 4.98 Å². The van der Waals surface area contributed by atoms with Gasteiger partial charge in [-0.2, -0.15) is 10.5 Å². The molecular formula is C16H12N4O. The fourth-order valence-corrected chi connectivity index (χ4v) is 2.64. The van der Waals surface area contributed by atoms with Crippen LogP contribution in [0.1, 0.15) is 28.9 Å². The Morgan fingerprint density at radius 3 is 2.86 bits per heavy atom. The molecule has 1 aliphatic carbocycles. The third kappa shape index (κ3) is 2.26. The summed E-state index contributed by atoms with van der Waals surface area (Å²) in [5.41, 5.74) is 3.48. The number of fused-ring (bicyclic) bond motifs is 3. The van der Waals surface area contributed by atoms with E-state index in [1.165, 1.54) is 6.20 Å². The monoisotopic (exact) mass is 276 g/mol. The topological polar surface area (TPSA) is 92.5 Å². The Bertz CT molecular complexity index is 830. The van der Waals surface area contributed by atoms with Crippen molar-refractivity contribution in [2.75, 3.05) is 5.32 Å². The van der Waals surface area contributed by atoms with Crippen LogP contribution in [0, 0.1) is 22.7 Å². The number of hydrogen-bond acceptors (Lipinski definition) is 4. The Morgan fingerprint density at radius 2 is 2.10 bits per heavy atom. The van der Waals surface area contributed by atoms with E-state index >= 15 is 0 Å². The van der Waals surface area contributed by atoms with Crippen molar-refractivity contribution in [2.24, 2.45) is 0 Å². The van der Waals surface area contributed by atoms with Crippen LogP contribution in [0.25, 0.3) is 10.9 Å². The SMILES string of the molecule is N#CC(C#N)=CNc1ccc2c3c([nH]c2c1)C(=O)CCC3. The molecule has 21 heavy (non-hydrogen) atoms.